The van der Waals surface area contributed by atoms with E-state index >= 15 is 0 Å². The predicted molar refractivity (Wildman–Crippen MR) is 123 cm³/mol. The van der Waals surface area contributed by atoms with Crippen molar-refractivity contribution >= 4 is 23.2 Å². The standard InChI is InChI=1S/C25H34N2O2S/c1-19-14-15-22(30-19)17-26(16-20-10-6-5-7-11-20)23(28)18-27(25(2,3)4)24(29)21-12-8-9-13-21/h5-7,10-11,14-15,21H,8-9,12-13,16-18H2,1-4H3. The summed E-state index contributed by atoms with van der Waals surface area (Å²) >= 11 is 1.72. The van der Waals surface area contributed by atoms with Gasteiger partial charge in [0.2, 0.25) is 11.8 Å². The van der Waals surface area contributed by atoms with Crippen molar-refractivity contribution < 1.29 is 9.59 Å². The van der Waals surface area contributed by atoms with E-state index in [0.29, 0.717) is 13.1 Å². The highest BCUT2D eigenvalue weighted by Gasteiger charge is 2.35. The fraction of sp³-hybridized carbons (Fsp3) is 0.520. The number of hydrogen-bond acceptors (Lipinski definition) is 3. The lowest BCUT2D eigenvalue weighted by molar-refractivity contribution is -0.148. The van der Waals surface area contributed by atoms with Crippen LogP contribution in [0.3, 0.4) is 0 Å². The molecular weight excluding hydrogens is 392 g/mol. The maximum absolute atomic E-state index is 13.5. The second-order valence-corrected chi connectivity index (χ2v) is 10.7. The summed E-state index contributed by atoms with van der Waals surface area (Å²) < 4.78 is 0. The molecule has 0 unspecified atom stereocenters. The Morgan fingerprint density at radius 1 is 1.00 bits per heavy atom. The van der Waals surface area contributed by atoms with Crippen LogP contribution in [0.4, 0.5) is 0 Å². The number of hydrogen-bond donors (Lipinski definition) is 0. The van der Waals surface area contributed by atoms with Crippen molar-refractivity contribution in [2.45, 2.75) is 72.0 Å². The van der Waals surface area contributed by atoms with Crippen LogP contribution in [-0.4, -0.2) is 33.7 Å². The van der Waals surface area contributed by atoms with Crippen LogP contribution in [0.25, 0.3) is 0 Å². The summed E-state index contributed by atoms with van der Waals surface area (Å²) in [6, 6.07) is 14.3. The normalized spacial score (nSPS) is 14.7. The van der Waals surface area contributed by atoms with Gasteiger partial charge in [-0.05, 0) is 58.2 Å². The van der Waals surface area contributed by atoms with E-state index in [-0.39, 0.29) is 29.8 Å². The molecular formula is C25H34N2O2S. The first-order valence-electron chi connectivity index (χ1n) is 10.9. The third kappa shape index (κ3) is 5.94. The Morgan fingerprint density at radius 3 is 2.23 bits per heavy atom. The van der Waals surface area contributed by atoms with Crippen LogP contribution in [0.2, 0.25) is 0 Å². The zero-order chi connectivity index (χ0) is 21.7. The van der Waals surface area contributed by atoms with E-state index in [1.165, 1.54) is 9.75 Å². The van der Waals surface area contributed by atoms with Crippen molar-refractivity contribution in [3.05, 3.63) is 57.8 Å². The summed E-state index contributed by atoms with van der Waals surface area (Å²) in [6.07, 6.45) is 4.12. The maximum atomic E-state index is 13.5. The van der Waals surface area contributed by atoms with E-state index < -0.39 is 0 Å². The molecule has 4 nitrogen and oxygen atoms in total. The minimum Gasteiger partial charge on any atom is -0.332 e. The molecule has 1 aromatic carbocycles. The molecule has 2 amide bonds. The average Bonchev–Trinajstić information content (AvgIpc) is 3.37. The number of aryl methyl sites for hydroxylation is 1. The van der Waals surface area contributed by atoms with Gasteiger partial charge in [-0.25, -0.2) is 0 Å². The van der Waals surface area contributed by atoms with Gasteiger partial charge >= 0.3 is 0 Å². The van der Waals surface area contributed by atoms with Crippen molar-refractivity contribution in [2.24, 2.45) is 5.92 Å². The van der Waals surface area contributed by atoms with Crippen LogP contribution in [0, 0.1) is 12.8 Å². The number of nitrogens with zero attached hydrogens (tertiary/aromatic N) is 2. The van der Waals surface area contributed by atoms with E-state index in [2.05, 4.69) is 19.1 Å². The van der Waals surface area contributed by atoms with Gasteiger partial charge in [0, 0.05) is 27.8 Å². The first kappa shape index (κ1) is 22.5. The van der Waals surface area contributed by atoms with Gasteiger partial charge in [0.25, 0.3) is 0 Å². The SMILES string of the molecule is Cc1ccc(CN(Cc2ccccc2)C(=O)CN(C(=O)C2CCCC2)C(C)(C)C)s1. The summed E-state index contributed by atoms with van der Waals surface area (Å²) in [5, 5.41) is 0. The first-order chi connectivity index (χ1) is 14.2. The third-order valence-corrected chi connectivity index (χ3v) is 6.77. The number of thiophene rings is 1. The van der Waals surface area contributed by atoms with E-state index in [0.717, 1.165) is 31.2 Å². The van der Waals surface area contributed by atoms with Crippen LogP contribution >= 0.6 is 11.3 Å². The van der Waals surface area contributed by atoms with Crippen LogP contribution < -0.4 is 0 Å². The lowest BCUT2D eigenvalue weighted by Crippen LogP contribution is -2.52. The zero-order valence-electron chi connectivity index (χ0n) is 18.7. The van der Waals surface area contributed by atoms with Crippen LogP contribution in [0.15, 0.2) is 42.5 Å². The zero-order valence-corrected chi connectivity index (χ0v) is 19.5. The topological polar surface area (TPSA) is 40.6 Å². The lowest BCUT2D eigenvalue weighted by atomic mass is 10.00. The molecule has 3 rings (SSSR count). The van der Waals surface area contributed by atoms with Crippen molar-refractivity contribution in [2.75, 3.05) is 6.54 Å². The Bertz CT molecular complexity index is 848. The van der Waals surface area contributed by atoms with E-state index in [1.807, 2.05) is 60.9 Å². The fourth-order valence-electron chi connectivity index (χ4n) is 4.07. The molecule has 0 spiro atoms. The average molecular weight is 427 g/mol. The van der Waals surface area contributed by atoms with Crippen molar-refractivity contribution in [1.29, 1.82) is 0 Å². The Balaban J connectivity index is 1.79. The number of rotatable bonds is 7. The minimum absolute atomic E-state index is 0.00572. The van der Waals surface area contributed by atoms with Crippen LogP contribution in [0.1, 0.15) is 61.8 Å². The van der Waals surface area contributed by atoms with Crippen molar-refractivity contribution in [1.82, 2.24) is 9.80 Å². The smallest absolute Gasteiger partial charge is 0.242 e. The largest absolute Gasteiger partial charge is 0.332 e. The molecule has 1 fully saturated rings. The van der Waals surface area contributed by atoms with Gasteiger partial charge in [-0.3, -0.25) is 9.59 Å². The molecule has 162 valence electrons. The van der Waals surface area contributed by atoms with Crippen molar-refractivity contribution in [3.8, 4) is 0 Å². The Morgan fingerprint density at radius 2 is 1.67 bits per heavy atom. The molecule has 0 radical (unpaired) electrons. The fourth-order valence-corrected chi connectivity index (χ4v) is 4.97. The maximum Gasteiger partial charge on any atom is 0.242 e. The molecule has 1 saturated carbocycles. The van der Waals surface area contributed by atoms with Gasteiger partial charge in [0.05, 0.1) is 6.54 Å². The second-order valence-electron chi connectivity index (χ2n) is 9.32. The minimum atomic E-state index is -0.382. The molecule has 1 aromatic heterocycles. The van der Waals surface area contributed by atoms with E-state index in [1.54, 1.807) is 11.3 Å². The second kappa shape index (κ2) is 9.78. The van der Waals surface area contributed by atoms with E-state index in [9.17, 15) is 9.59 Å². The summed E-state index contributed by atoms with van der Waals surface area (Å²) in [5.41, 5.74) is 0.719. The quantitative estimate of drug-likeness (QED) is 0.594. The molecule has 0 bridgehead atoms. The highest BCUT2D eigenvalue weighted by Crippen LogP contribution is 2.29. The molecule has 0 N–H and O–H groups in total. The predicted octanol–water partition coefficient (Wildman–Crippen LogP) is 5.40. The molecule has 0 aliphatic heterocycles. The Hall–Kier alpha value is -2.14. The Labute approximate surface area is 184 Å². The third-order valence-electron chi connectivity index (χ3n) is 5.79. The summed E-state index contributed by atoms with van der Waals surface area (Å²) in [5.74, 6) is 0.214. The first-order valence-corrected chi connectivity index (χ1v) is 11.7. The van der Waals surface area contributed by atoms with E-state index in [4.69, 9.17) is 0 Å². The number of carbonyl (C=O) groups is 2. The van der Waals surface area contributed by atoms with Crippen LogP contribution in [-0.2, 0) is 22.7 Å². The lowest BCUT2D eigenvalue weighted by Gasteiger charge is -2.38. The van der Waals surface area contributed by atoms with Gasteiger partial charge in [-0.1, -0.05) is 43.2 Å². The monoisotopic (exact) mass is 426 g/mol. The Kier molecular flexibility index (Phi) is 7.35. The van der Waals surface area contributed by atoms with Gasteiger partial charge in [-0.15, -0.1) is 11.3 Å². The van der Waals surface area contributed by atoms with Gasteiger partial charge in [0.15, 0.2) is 0 Å². The molecule has 1 aliphatic rings. The summed E-state index contributed by atoms with van der Waals surface area (Å²) in [7, 11) is 0. The number of carbonyl (C=O) groups excluding carboxylic acids is 2. The molecule has 1 heterocycles. The molecule has 5 heteroatoms. The summed E-state index contributed by atoms with van der Waals surface area (Å²) in [6.45, 7) is 9.41. The number of amides is 2. The van der Waals surface area contributed by atoms with Gasteiger partial charge in [0.1, 0.15) is 6.54 Å². The van der Waals surface area contributed by atoms with Gasteiger partial charge < -0.3 is 9.80 Å². The molecule has 0 atom stereocenters. The number of benzene rings is 1. The molecule has 30 heavy (non-hydrogen) atoms. The van der Waals surface area contributed by atoms with Gasteiger partial charge in [-0.2, -0.15) is 0 Å². The summed E-state index contributed by atoms with van der Waals surface area (Å²) in [4.78, 5) is 32.8. The highest BCUT2D eigenvalue weighted by molar-refractivity contribution is 7.11. The van der Waals surface area contributed by atoms with Crippen molar-refractivity contribution in [3.63, 3.8) is 0 Å². The molecule has 2 aromatic rings. The highest BCUT2D eigenvalue weighted by atomic mass is 32.1. The molecule has 0 saturated heterocycles. The van der Waals surface area contributed by atoms with Crippen LogP contribution in [0.5, 0.6) is 0 Å². The molecule has 1 aliphatic carbocycles.